The van der Waals surface area contributed by atoms with E-state index < -0.39 is 0 Å². The molecule has 0 saturated carbocycles. The summed E-state index contributed by atoms with van der Waals surface area (Å²) in [5, 5.41) is 14.6. The zero-order chi connectivity index (χ0) is 14.7. The Bertz CT molecular complexity index is 580. The molecule has 1 N–H and O–H groups in total. The Kier molecular flexibility index (Phi) is 4.78. The summed E-state index contributed by atoms with van der Waals surface area (Å²) in [7, 11) is 1.85. The Balaban J connectivity index is 2.26. The quantitative estimate of drug-likeness (QED) is 0.921. The van der Waals surface area contributed by atoms with Crippen LogP contribution >= 0.6 is 11.6 Å². The molecule has 0 bridgehead atoms. The van der Waals surface area contributed by atoms with Crippen molar-refractivity contribution < 1.29 is 9.50 Å². The Hall–Kier alpha value is -1.39. The number of halogens is 2. The fourth-order valence-electron chi connectivity index (χ4n) is 2.30. The molecule has 1 heterocycles. The summed E-state index contributed by atoms with van der Waals surface area (Å²) in [4.78, 5) is 0. The molecule has 5 heteroatoms. The predicted octanol–water partition coefficient (Wildman–Crippen LogP) is 3.09. The van der Waals surface area contributed by atoms with E-state index in [1.165, 1.54) is 12.1 Å². The molecule has 0 saturated heterocycles. The second kappa shape index (κ2) is 6.37. The SMILES string of the molecule is CCc1nn(C)c(CC(CO)c2ccc(F)cc2)c1Cl. The van der Waals surface area contributed by atoms with Gasteiger partial charge in [0.25, 0.3) is 0 Å². The summed E-state index contributed by atoms with van der Waals surface area (Å²) < 4.78 is 14.7. The minimum Gasteiger partial charge on any atom is -0.396 e. The highest BCUT2D eigenvalue weighted by molar-refractivity contribution is 6.31. The fraction of sp³-hybridized carbons (Fsp3) is 0.400. The van der Waals surface area contributed by atoms with Gasteiger partial charge in [-0.1, -0.05) is 30.7 Å². The van der Waals surface area contributed by atoms with Gasteiger partial charge in [0.2, 0.25) is 0 Å². The van der Waals surface area contributed by atoms with Gasteiger partial charge < -0.3 is 5.11 Å². The normalized spacial score (nSPS) is 12.7. The first-order chi connectivity index (χ1) is 9.56. The van der Waals surface area contributed by atoms with Crippen molar-refractivity contribution in [2.75, 3.05) is 6.61 Å². The van der Waals surface area contributed by atoms with Crippen molar-refractivity contribution in [1.82, 2.24) is 9.78 Å². The number of aromatic nitrogens is 2. The van der Waals surface area contributed by atoms with E-state index in [0.29, 0.717) is 11.4 Å². The second-order valence-electron chi connectivity index (χ2n) is 4.82. The van der Waals surface area contributed by atoms with Gasteiger partial charge in [-0.3, -0.25) is 4.68 Å². The van der Waals surface area contributed by atoms with Gasteiger partial charge in [0.05, 0.1) is 23.0 Å². The van der Waals surface area contributed by atoms with Crippen molar-refractivity contribution in [1.29, 1.82) is 0 Å². The lowest BCUT2D eigenvalue weighted by Gasteiger charge is -2.15. The number of hydrogen-bond donors (Lipinski definition) is 1. The maximum Gasteiger partial charge on any atom is 0.123 e. The lowest BCUT2D eigenvalue weighted by atomic mass is 9.95. The molecule has 1 aromatic heterocycles. The second-order valence-corrected chi connectivity index (χ2v) is 5.20. The average Bonchev–Trinajstić information content (AvgIpc) is 2.72. The summed E-state index contributed by atoms with van der Waals surface area (Å²) in [6.07, 6.45) is 1.34. The maximum atomic E-state index is 13.0. The van der Waals surface area contributed by atoms with Gasteiger partial charge in [-0.15, -0.1) is 0 Å². The lowest BCUT2D eigenvalue weighted by Crippen LogP contribution is -2.11. The average molecular weight is 297 g/mol. The van der Waals surface area contributed by atoms with E-state index in [2.05, 4.69) is 5.10 Å². The molecular weight excluding hydrogens is 279 g/mol. The van der Waals surface area contributed by atoms with Crippen molar-refractivity contribution in [2.45, 2.75) is 25.7 Å². The number of benzene rings is 1. The van der Waals surface area contributed by atoms with E-state index >= 15 is 0 Å². The van der Waals surface area contributed by atoms with Gasteiger partial charge in [0.15, 0.2) is 0 Å². The van der Waals surface area contributed by atoms with Gasteiger partial charge in [0.1, 0.15) is 5.82 Å². The first kappa shape index (κ1) is 15.0. The zero-order valence-corrected chi connectivity index (χ0v) is 12.4. The number of hydrogen-bond acceptors (Lipinski definition) is 2. The molecule has 0 aliphatic heterocycles. The van der Waals surface area contributed by atoms with Crippen LogP contribution in [0.15, 0.2) is 24.3 Å². The van der Waals surface area contributed by atoms with Crippen LogP contribution < -0.4 is 0 Å². The monoisotopic (exact) mass is 296 g/mol. The molecule has 2 rings (SSSR count). The molecule has 1 unspecified atom stereocenters. The number of aliphatic hydroxyl groups is 1. The maximum absolute atomic E-state index is 13.0. The predicted molar refractivity (Wildman–Crippen MR) is 77.5 cm³/mol. The minimum absolute atomic E-state index is 0.0192. The summed E-state index contributed by atoms with van der Waals surface area (Å²) in [6.45, 7) is 1.98. The number of rotatable bonds is 5. The van der Waals surface area contributed by atoms with Crippen LogP contribution in [0.3, 0.4) is 0 Å². The van der Waals surface area contributed by atoms with E-state index in [1.807, 2.05) is 14.0 Å². The third kappa shape index (κ3) is 3.02. The Morgan fingerprint density at radius 3 is 2.50 bits per heavy atom. The van der Waals surface area contributed by atoms with Crippen LogP contribution in [-0.4, -0.2) is 21.5 Å². The molecule has 2 aromatic rings. The molecule has 0 aliphatic carbocycles. The van der Waals surface area contributed by atoms with Crippen molar-refractivity contribution in [3.8, 4) is 0 Å². The van der Waals surface area contributed by atoms with Crippen LogP contribution in [0.1, 0.15) is 29.8 Å². The van der Waals surface area contributed by atoms with Crippen LogP contribution in [0, 0.1) is 5.82 Å². The molecule has 20 heavy (non-hydrogen) atoms. The zero-order valence-electron chi connectivity index (χ0n) is 11.6. The number of aryl methyl sites for hydroxylation is 2. The van der Waals surface area contributed by atoms with E-state index in [4.69, 9.17) is 11.6 Å². The smallest absolute Gasteiger partial charge is 0.123 e. The first-order valence-electron chi connectivity index (χ1n) is 6.63. The number of nitrogens with zero attached hydrogens (tertiary/aromatic N) is 2. The van der Waals surface area contributed by atoms with E-state index in [0.717, 1.165) is 23.4 Å². The molecule has 0 radical (unpaired) electrons. The molecule has 1 atom stereocenters. The molecule has 0 aliphatic rings. The highest BCUT2D eigenvalue weighted by Crippen LogP contribution is 2.27. The van der Waals surface area contributed by atoms with Crippen LogP contribution in [0.4, 0.5) is 4.39 Å². The summed E-state index contributed by atoms with van der Waals surface area (Å²) in [6, 6.07) is 6.20. The van der Waals surface area contributed by atoms with Crippen LogP contribution in [-0.2, 0) is 19.9 Å². The molecule has 108 valence electrons. The number of aliphatic hydroxyl groups excluding tert-OH is 1. The van der Waals surface area contributed by atoms with Gasteiger partial charge >= 0.3 is 0 Å². The summed E-state index contributed by atoms with van der Waals surface area (Å²) in [5.41, 5.74) is 2.65. The molecule has 1 aromatic carbocycles. The molecule has 0 spiro atoms. The highest BCUT2D eigenvalue weighted by Gasteiger charge is 2.19. The van der Waals surface area contributed by atoms with Gasteiger partial charge in [-0.25, -0.2) is 4.39 Å². The van der Waals surface area contributed by atoms with E-state index in [1.54, 1.807) is 16.8 Å². The summed E-state index contributed by atoms with van der Waals surface area (Å²) in [5.74, 6) is -0.398. The topological polar surface area (TPSA) is 38.0 Å². The molecule has 0 amide bonds. The standard InChI is InChI=1S/C15H18ClFN2O/c1-3-13-15(16)14(19(2)18-13)8-11(9-20)10-4-6-12(17)7-5-10/h4-7,11,20H,3,8-9H2,1-2H3. The van der Waals surface area contributed by atoms with Crippen molar-refractivity contribution in [3.63, 3.8) is 0 Å². The largest absolute Gasteiger partial charge is 0.396 e. The minimum atomic E-state index is -0.280. The van der Waals surface area contributed by atoms with Crippen molar-refractivity contribution >= 4 is 11.6 Å². The fourth-order valence-corrected chi connectivity index (χ4v) is 2.67. The van der Waals surface area contributed by atoms with Gasteiger partial charge in [-0.2, -0.15) is 5.10 Å². The van der Waals surface area contributed by atoms with Gasteiger partial charge in [0, 0.05) is 13.0 Å². The highest BCUT2D eigenvalue weighted by atomic mass is 35.5. The molecular formula is C15H18ClFN2O. The lowest BCUT2D eigenvalue weighted by molar-refractivity contribution is 0.263. The third-order valence-corrected chi connectivity index (χ3v) is 3.94. The van der Waals surface area contributed by atoms with Crippen LogP contribution in [0.2, 0.25) is 5.02 Å². The van der Waals surface area contributed by atoms with Crippen LogP contribution in [0.5, 0.6) is 0 Å². The first-order valence-corrected chi connectivity index (χ1v) is 7.01. The third-order valence-electron chi connectivity index (χ3n) is 3.50. The van der Waals surface area contributed by atoms with Crippen LogP contribution in [0.25, 0.3) is 0 Å². The Morgan fingerprint density at radius 2 is 2.00 bits per heavy atom. The van der Waals surface area contributed by atoms with Gasteiger partial charge in [-0.05, 0) is 30.5 Å². The van der Waals surface area contributed by atoms with E-state index in [-0.39, 0.29) is 18.3 Å². The van der Waals surface area contributed by atoms with Crippen molar-refractivity contribution in [3.05, 3.63) is 52.1 Å². The van der Waals surface area contributed by atoms with E-state index in [9.17, 15) is 9.50 Å². The Morgan fingerprint density at radius 1 is 1.35 bits per heavy atom. The summed E-state index contributed by atoms with van der Waals surface area (Å²) >= 11 is 6.32. The Labute approximate surface area is 123 Å². The molecule has 3 nitrogen and oxygen atoms in total. The molecule has 0 fully saturated rings. The van der Waals surface area contributed by atoms with Crippen molar-refractivity contribution in [2.24, 2.45) is 7.05 Å².